The Balaban J connectivity index is 1.63. The van der Waals surface area contributed by atoms with Crippen LogP contribution in [0.4, 0.5) is 10.5 Å². The topological polar surface area (TPSA) is 84.7 Å². The molecule has 1 N–H and O–H groups in total. The predicted molar refractivity (Wildman–Crippen MR) is 139 cm³/mol. The van der Waals surface area contributed by atoms with Crippen LogP contribution in [-0.4, -0.2) is 39.9 Å². The van der Waals surface area contributed by atoms with Crippen LogP contribution >= 0.6 is 0 Å². The maximum absolute atomic E-state index is 12.5. The van der Waals surface area contributed by atoms with Crippen LogP contribution in [0.15, 0.2) is 42.5 Å². The number of imidazole rings is 1. The van der Waals surface area contributed by atoms with E-state index in [1.807, 2.05) is 37.3 Å². The number of hydrogen-bond acceptors (Lipinski definition) is 4. The standard InChI is InChI=1S/C29H35N3O4/c1-18-10-12-21-23(31(18)28(34)35)14-15-24-26(21)30-25(16-19-8-6-5-7-9-19)32(24)20-11-13-22(27(33)36-4)29(2,3)17-20/h5-9,14-15,18,20,22H,10-13,16-17H2,1-4H3,(H,34,35)/t18?,20-,22-/m0/s1. The van der Waals surface area contributed by atoms with Crippen LogP contribution in [0.5, 0.6) is 0 Å². The molecule has 1 saturated carbocycles. The number of rotatable bonds is 4. The number of carbonyl (C=O) groups is 2. The number of benzene rings is 2. The summed E-state index contributed by atoms with van der Waals surface area (Å²) in [6, 6.07) is 14.5. The summed E-state index contributed by atoms with van der Waals surface area (Å²) in [5.41, 5.74) is 4.70. The smallest absolute Gasteiger partial charge is 0.412 e. The summed E-state index contributed by atoms with van der Waals surface area (Å²) < 4.78 is 7.49. The molecule has 3 aromatic rings. The fraction of sp³-hybridized carbons (Fsp3) is 0.483. The van der Waals surface area contributed by atoms with Gasteiger partial charge in [-0.25, -0.2) is 9.78 Å². The maximum atomic E-state index is 12.5. The fourth-order valence-corrected chi connectivity index (χ4v) is 6.45. The molecule has 7 nitrogen and oxygen atoms in total. The summed E-state index contributed by atoms with van der Waals surface area (Å²) in [6.07, 6.45) is 3.83. The molecule has 0 radical (unpaired) electrons. The summed E-state index contributed by atoms with van der Waals surface area (Å²) in [4.78, 5) is 31.2. The molecule has 190 valence electrons. The molecule has 1 aliphatic carbocycles. The summed E-state index contributed by atoms with van der Waals surface area (Å²) in [7, 11) is 1.47. The number of anilines is 1. The van der Waals surface area contributed by atoms with Gasteiger partial charge in [-0.3, -0.25) is 9.69 Å². The van der Waals surface area contributed by atoms with Crippen molar-refractivity contribution in [3.8, 4) is 0 Å². The summed E-state index contributed by atoms with van der Waals surface area (Å²) >= 11 is 0. The number of carboxylic acid groups (broad SMARTS) is 1. The molecule has 0 saturated heterocycles. The SMILES string of the molecule is COC(=O)[C@@H]1CC[C@H](n2c(Cc3ccccc3)nc3c4c(ccc32)N(C(=O)O)C(C)CC4)CC1(C)C. The van der Waals surface area contributed by atoms with Crippen LogP contribution in [0.1, 0.15) is 69.4 Å². The van der Waals surface area contributed by atoms with Gasteiger partial charge < -0.3 is 14.4 Å². The van der Waals surface area contributed by atoms with Crippen LogP contribution in [0.3, 0.4) is 0 Å². The lowest BCUT2D eigenvalue weighted by Crippen LogP contribution is -2.41. The second kappa shape index (κ2) is 9.26. The van der Waals surface area contributed by atoms with E-state index in [2.05, 4.69) is 30.5 Å². The zero-order valence-corrected chi connectivity index (χ0v) is 21.5. The number of amides is 1. The van der Waals surface area contributed by atoms with E-state index >= 15 is 0 Å². The van der Waals surface area contributed by atoms with Gasteiger partial charge in [0.05, 0.1) is 29.7 Å². The number of aromatic nitrogens is 2. The van der Waals surface area contributed by atoms with Crippen molar-refractivity contribution in [1.82, 2.24) is 9.55 Å². The third-order valence-electron chi connectivity index (χ3n) is 8.28. The zero-order chi connectivity index (χ0) is 25.6. The Morgan fingerprint density at radius 3 is 2.53 bits per heavy atom. The van der Waals surface area contributed by atoms with Crippen molar-refractivity contribution in [2.24, 2.45) is 11.3 Å². The first kappa shape index (κ1) is 24.3. The molecule has 2 aromatic carbocycles. The average Bonchev–Trinajstić information content (AvgIpc) is 3.21. The summed E-state index contributed by atoms with van der Waals surface area (Å²) in [5, 5.41) is 9.90. The lowest BCUT2D eigenvalue weighted by Gasteiger charge is -2.41. The highest BCUT2D eigenvalue weighted by molar-refractivity contribution is 5.94. The molecular weight excluding hydrogens is 454 g/mol. The molecule has 2 aliphatic rings. The highest BCUT2D eigenvalue weighted by Gasteiger charge is 2.43. The number of hydrogen-bond donors (Lipinski definition) is 1. The molecule has 1 amide bonds. The second-order valence-corrected chi connectivity index (χ2v) is 11.0. The van der Waals surface area contributed by atoms with Crippen molar-refractivity contribution in [2.45, 2.75) is 71.4 Å². The van der Waals surface area contributed by atoms with Gasteiger partial charge in [0.2, 0.25) is 0 Å². The maximum Gasteiger partial charge on any atom is 0.412 e. The predicted octanol–water partition coefficient (Wildman–Crippen LogP) is 5.99. The number of methoxy groups -OCH3 is 1. The van der Waals surface area contributed by atoms with Gasteiger partial charge in [-0.1, -0.05) is 44.2 Å². The molecule has 1 aliphatic heterocycles. The molecule has 0 spiro atoms. The van der Waals surface area contributed by atoms with Gasteiger partial charge in [0.25, 0.3) is 0 Å². The molecule has 1 aromatic heterocycles. The van der Waals surface area contributed by atoms with E-state index in [1.165, 1.54) is 17.6 Å². The highest BCUT2D eigenvalue weighted by atomic mass is 16.5. The summed E-state index contributed by atoms with van der Waals surface area (Å²) in [6.45, 7) is 6.28. The Morgan fingerprint density at radius 1 is 1.11 bits per heavy atom. The minimum atomic E-state index is -0.922. The first-order chi connectivity index (χ1) is 17.2. The number of nitrogens with zero attached hydrogens (tertiary/aromatic N) is 3. The zero-order valence-electron chi connectivity index (χ0n) is 21.5. The average molecular weight is 490 g/mol. The van der Waals surface area contributed by atoms with E-state index in [0.29, 0.717) is 6.42 Å². The Morgan fingerprint density at radius 2 is 1.86 bits per heavy atom. The van der Waals surface area contributed by atoms with Gasteiger partial charge >= 0.3 is 12.1 Å². The minimum Gasteiger partial charge on any atom is -0.469 e. The van der Waals surface area contributed by atoms with Gasteiger partial charge in [-0.05, 0) is 62.1 Å². The van der Waals surface area contributed by atoms with Crippen molar-refractivity contribution in [3.05, 3.63) is 59.4 Å². The van der Waals surface area contributed by atoms with E-state index in [1.54, 1.807) is 0 Å². The minimum absolute atomic E-state index is 0.0623. The molecule has 36 heavy (non-hydrogen) atoms. The number of aryl methyl sites for hydroxylation is 1. The van der Waals surface area contributed by atoms with Gasteiger partial charge in [0, 0.05) is 24.1 Å². The largest absolute Gasteiger partial charge is 0.469 e. The van der Waals surface area contributed by atoms with Crippen LogP contribution in [-0.2, 0) is 22.4 Å². The van der Waals surface area contributed by atoms with Crippen molar-refractivity contribution < 1.29 is 19.4 Å². The normalized spacial score (nSPS) is 23.3. The molecule has 7 heteroatoms. The number of ether oxygens (including phenoxy) is 1. The fourth-order valence-electron chi connectivity index (χ4n) is 6.45. The Bertz CT molecular complexity index is 1300. The van der Waals surface area contributed by atoms with Crippen molar-refractivity contribution in [1.29, 1.82) is 0 Å². The Kier molecular flexibility index (Phi) is 6.27. The third-order valence-corrected chi connectivity index (χ3v) is 8.28. The Hall–Kier alpha value is -3.35. The monoisotopic (exact) mass is 489 g/mol. The first-order valence-corrected chi connectivity index (χ1v) is 12.9. The molecule has 1 fully saturated rings. The van der Waals surface area contributed by atoms with Crippen molar-refractivity contribution >= 4 is 28.8 Å². The van der Waals surface area contributed by atoms with Crippen molar-refractivity contribution in [2.75, 3.05) is 12.0 Å². The molecule has 1 unspecified atom stereocenters. The Labute approximate surface area is 212 Å². The molecule has 0 bridgehead atoms. The van der Waals surface area contributed by atoms with Crippen LogP contribution < -0.4 is 4.90 Å². The van der Waals surface area contributed by atoms with E-state index in [-0.39, 0.29) is 29.4 Å². The van der Waals surface area contributed by atoms with Crippen LogP contribution in [0.2, 0.25) is 0 Å². The number of esters is 1. The summed E-state index contributed by atoms with van der Waals surface area (Å²) in [5.74, 6) is 0.738. The second-order valence-electron chi connectivity index (χ2n) is 11.0. The van der Waals surface area contributed by atoms with Gasteiger partial charge in [0.15, 0.2) is 0 Å². The third kappa shape index (κ3) is 4.14. The molecule has 2 heterocycles. The molecule has 3 atom stereocenters. The van der Waals surface area contributed by atoms with E-state index < -0.39 is 6.09 Å². The van der Waals surface area contributed by atoms with Gasteiger partial charge in [-0.15, -0.1) is 0 Å². The quantitative estimate of drug-likeness (QED) is 0.455. The van der Waals surface area contributed by atoms with E-state index in [4.69, 9.17) is 9.72 Å². The first-order valence-electron chi connectivity index (χ1n) is 12.9. The van der Waals surface area contributed by atoms with E-state index in [0.717, 1.165) is 60.2 Å². The van der Waals surface area contributed by atoms with Gasteiger partial charge in [-0.2, -0.15) is 0 Å². The lowest BCUT2D eigenvalue weighted by molar-refractivity contribution is -0.152. The molecular formula is C29H35N3O4. The van der Waals surface area contributed by atoms with Crippen LogP contribution in [0, 0.1) is 11.3 Å². The van der Waals surface area contributed by atoms with Crippen LogP contribution in [0.25, 0.3) is 11.0 Å². The lowest BCUT2D eigenvalue weighted by atomic mass is 9.67. The molecule has 5 rings (SSSR count). The number of carbonyl (C=O) groups excluding carboxylic acids is 1. The van der Waals surface area contributed by atoms with Gasteiger partial charge in [0.1, 0.15) is 5.82 Å². The van der Waals surface area contributed by atoms with Crippen molar-refractivity contribution in [3.63, 3.8) is 0 Å². The number of fused-ring (bicyclic) bond motifs is 3. The van der Waals surface area contributed by atoms with E-state index in [9.17, 15) is 14.7 Å². The highest BCUT2D eigenvalue weighted by Crippen LogP contribution is 2.47.